The van der Waals surface area contributed by atoms with Crippen molar-refractivity contribution in [1.82, 2.24) is 24.6 Å². The third-order valence-corrected chi connectivity index (χ3v) is 5.98. The number of aryl methyl sites for hydroxylation is 1. The summed E-state index contributed by atoms with van der Waals surface area (Å²) in [6.07, 6.45) is 0.598. The Morgan fingerprint density at radius 3 is 2.77 bits per heavy atom. The molecule has 1 aromatic carbocycles. The molecule has 26 heavy (non-hydrogen) atoms. The average Bonchev–Trinajstić information content (AvgIpc) is 3.18. The average molecular weight is 367 g/mol. The summed E-state index contributed by atoms with van der Waals surface area (Å²) >= 11 is 1.53. The van der Waals surface area contributed by atoms with Gasteiger partial charge in [-0.3, -0.25) is 9.36 Å². The Bertz CT molecular complexity index is 1220. The minimum atomic E-state index is -0.339. The first-order valence-corrected chi connectivity index (χ1v) is 9.25. The summed E-state index contributed by atoms with van der Waals surface area (Å²) in [5.74, 6) is 0.541. The Kier molecular flexibility index (Phi) is 3.14. The number of nitrogens with zero attached hydrogens (tertiary/aromatic N) is 5. The van der Waals surface area contributed by atoms with Crippen LogP contribution in [0.2, 0.25) is 0 Å². The maximum absolute atomic E-state index is 13.4. The minimum absolute atomic E-state index is 0.0259. The fraction of sp³-hybridized carbons (Fsp3) is 0.333. The molecule has 0 amide bonds. The van der Waals surface area contributed by atoms with Gasteiger partial charge in [-0.2, -0.15) is 4.52 Å². The van der Waals surface area contributed by atoms with Crippen molar-refractivity contribution >= 4 is 27.5 Å². The Morgan fingerprint density at radius 2 is 2.00 bits per heavy atom. The van der Waals surface area contributed by atoms with E-state index < -0.39 is 0 Å². The number of aromatic nitrogens is 5. The number of rotatable bonds is 1. The number of fused-ring (bicyclic) bond motifs is 4. The van der Waals surface area contributed by atoms with E-state index in [-0.39, 0.29) is 11.0 Å². The van der Waals surface area contributed by atoms with Crippen LogP contribution >= 0.6 is 11.3 Å². The highest BCUT2D eigenvalue weighted by Crippen LogP contribution is 2.33. The van der Waals surface area contributed by atoms with Gasteiger partial charge in [0.1, 0.15) is 5.52 Å². The molecule has 4 heterocycles. The van der Waals surface area contributed by atoms with Gasteiger partial charge in [-0.25, -0.2) is 0 Å². The molecule has 1 aliphatic rings. The second-order valence-corrected chi connectivity index (χ2v) is 8.36. The second-order valence-electron chi connectivity index (χ2n) is 7.27. The van der Waals surface area contributed by atoms with E-state index in [2.05, 4.69) is 15.5 Å². The Hall–Kier alpha value is -2.58. The molecule has 1 aliphatic heterocycles. The molecule has 0 spiro atoms. The SMILES string of the molecule is Cc1ccc(-n2c3c(=O)c4c(sc3n3nnnc23)COC(C)(C)C4)cc1. The number of benzene rings is 1. The lowest BCUT2D eigenvalue weighted by molar-refractivity contribution is -0.0386. The van der Waals surface area contributed by atoms with Crippen LogP contribution in [0.15, 0.2) is 29.1 Å². The van der Waals surface area contributed by atoms with Crippen molar-refractivity contribution in [1.29, 1.82) is 0 Å². The van der Waals surface area contributed by atoms with Gasteiger partial charge in [-0.1, -0.05) is 22.8 Å². The van der Waals surface area contributed by atoms with E-state index in [0.717, 1.165) is 26.5 Å². The molecule has 0 saturated heterocycles. The maximum Gasteiger partial charge on any atom is 0.260 e. The van der Waals surface area contributed by atoms with Crippen LogP contribution in [0.5, 0.6) is 0 Å². The summed E-state index contributed by atoms with van der Waals surface area (Å²) in [6, 6.07) is 8.01. The molecule has 0 N–H and O–H groups in total. The van der Waals surface area contributed by atoms with Crippen molar-refractivity contribution in [3.63, 3.8) is 0 Å². The zero-order valence-electron chi connectivity index (χ0n) is 14.7. The standard InChI is InChI=1S/C18H17N5O2S/c1-10-4-6-11(7-5-10)22-14-15(24)12-8-18(2,3)25-9-13(12)26-16(14)23-17(22)19-20-21-23/h4-7H,8-9H2,1-3H3. The predicted molar refractivity (Wildman–Crippen MR) is 99.1 cm³/mol. The van der Waals surface area contributed by atoms with Crippen LogP contribution in [0.4, 0.5) is 0 Å². The molecular formula is C18H17N5O2S. The molecule has 0 fully saturated rings. The zero-order valence-corrected chi connectivity index (χ0v) is 15.5. The van der Waals surface area contributed by atoms with Crippen molar-refractivity contribution in [2.75, 3.05) is 0 Å². The highest BCUT2D eigenvalue weighted by atomic mass is 32.1. The van der Waals surface area contributed by atoms with Crippen molar-refractivity contribution in [2.24, 2.45) is 0 Å². The summed E-state index contributed by atoms with van der Waals surface area (Å²) < 4.78 is 9.40. The van der Waals surface area contributed by atoms with Crippen LogP contribution in [-0.2, 0) is 17.8 Å². The van der Waals surface area contributed by atoms with Crippen LogP contribution in [0.25, 0.3) is 21.8 Å². The molecule has 0 unspecified atom stereocenters. The zero-order chi connectivity index (χ0) is 18.1. The summed E-state index contributed by atoms with van der Waals surface area (Å²) in [4.78, 5) is 15.1. The molecular weight excluding hydrogens is 350 g/mol. The quantitative estimate of drug-likeness (QED) is 0.517. The third-order valence-electron chi connectivity index (χ3n) is 4.81. The van der Waals surface area contributed by atoms with Gasteiger partial charge in [0.05, 0.1) is 12.2 Å². The second kappa shape index (κ2) is 5.21. The highest BCUT2D eigenvalue weighted by Gasteiger charge is 2.31. The van der Waals surface area contributed by atoms with Crippen LogP contribution < -0.4 is 5.43 Å². The van der Waals surface area contributed by atoms with E-state index in [1.165, 1.54) is 11.3 Å². The first kappa shape index (κ1) is 15.7. The molecule has 0 atom stereocenters. The molecule has 0 saturated carbocycles. The van der Waals surface area contributed by atoms with E-state index in [1.54, 1.807) is 4.52 Å². The lowest BCUT2D eigenvalue weighted by Gasteiger charge is -2.30. The first-order chi connectivity index (χ1) is 12.4. The largest absolute Gasteiger partial charge is 0.370 e. The Balaban J connectivity index is 1.90. The van der Waals surface area contributed by atoms with Crippen LogP contribution in [0.1, 0.15) is 29.9 Å². The maximum atomic E-state index is 13.4. The van der Waals surface area contributed by atoms with Crippen molar-refractivity contribution in [2.45, 2.75) is 39.4 Å². The highest BCUT2D eigenvalue weighted by molar-refractivity contribution is 7.18. The van der Waals surface area contributed by atoms with Crippen molar-refractivity contribution in [3.8, 4) is 5.69 Å². The normalized spacial score (nSPS) is 16.3. The molecule has 0 radical (unpaired) electrons. The lowest BCUT2D eigenvalue weighted by atomic mass is 9.95. The Morgan fingerprint density at radius 1 is 1.23 bits per heavy atom. The van der Waals surface area contributed by atoms with Gasteiger partial charge in [0, 0.05) is 22.5 Å². The first-order valence-electron chi connectivity index (χ1n) is 8.43. The van der Waals surface area contributed by atoms with E-state index in [4.69, 9.17) is 4.74 Å². The van der Waals surface area contributed by atoms with E-state index in [0.29, 0.717) is 24.3 Å². The van der Waals surface area contributed by atoms with Gasteiger partial charge in [0.25, 0.3) is 5.78 Å². The molecule has 5 rings (SSSR count). The number of hydrogen-bond acceptors (Lipinski definition) is 6. The molecule has 3 aromatic heterocycles. The molecule has 7 nitrogen and oxygen atoms in total. The summed E-state index contributed by atoms with van der Waals surface area (Å²) in [7, 11) is 0. The van der Waals surface area contributed by atoms with Crippen LogP contribution in [-0.4, -0.2) is 30.2 Å². The van der Waals surface area contributed by atoms with E-state index in [9.17, 15) is 4.79 Å². The van der Waals surface area contributed by atoms with Gasteiger partial charge in [-0.15, -0.1) is 11.3 Å². The summed E-state index contributed by atoms with van der Waals surface area (Å²) in [5.41, 5.74) is 3.16. The fourth-order valence-corrected chi connectivity index (χ4v) is 4.58. The van der Waals surface area contributed by atoms with Gasteiger partial charge in [-0.05, 0) is 43.3 Å². The topological polar surface area (TPSA) is 74.3 Å². The number of hydrogen-bond donors (Lipinski definition) is 0. The lowest BCUT2D eigenvalue weighted by Crippen LogP contribution is -2.35. The van der Waals surface area contributed by atoms with E-state index in [1.807, 2.05) is 49.6 Å². The predicted octanol–water partition coefficient (Wildman–Crippen LogP) is 2.65. The number of tetrazole rings is 1. The van der Waals surface area contributed by atoms with Crippen LogP contribution in [0, 0.1) is 6.92 Å². The fourth-order valence-electron chi connectivity index (χ4n) is 3.46. The van der Waals surface area contributed by atoms with E-state index >= 15 is 0 Å². The smallest absolute Gasteiger partial charge is 0.260 e. The number of ether oxygens (including phenoxy) is 1. The number of imidazole rings is 1. The van der Waals surface area contributed by atoms with Gasteiger partial charge >= 0.3 is 0 Å². The Labute approximate surface area is 152 Å². The third kappa shape index (κ3) is 2.15. The van der Waals surface area contributed by atoms with Crippen molar-refractivity contribution < 1.29 is 4.74 Å². The summed E-state index contributed by atoms with van der Waals surface area (Å²) in [6.45, 7) is 6.51. The minimum Gasteiger partial charge on any atom is -0.370 e. The van der Waals surface area contributed by atoms with Gasteiger partial charge < -0.3 is 4.74 Å². The molecule has 0 bridgehead atoms. The van der Waals surface area contributed by atoms with Gasteiger partial charge in [0.2, 0.25) is 5.43 Å². The van der Waals surface area contributed by atoms with Crippen molar-refractivity contribution in [3.05, 3.63) is 50.5 Å². The molecule has 132 valence electrons. The molecule has 4 aromatic rings. The molecule has 0 aliphatic carbocycles. The monoisotopic (exact) mass is 367 g/mol. The summed E-state index contributed by atoms with van der Waals surface area (Å²) in [5, 5.41) is 12.0. The van der Waals surface area contributed by atoms with Crippen LogP contribution in [0.3, 0.4) is 0 Å². The molecule has 8 heteroatoms. The van der Waals surface area contributed by atoms with Gasteiger partial charge in [0.15, 0.2) is 4.83 Å².